The van der Waals surface area contributed by atoms with Crippen LogP contribution < -0.4 is 15.2 Å². The minimum Gasteiger partial charge on any atom is -0.858 e. The Balaban J connectivity index is 1.95. The molecule has 0 amide bonds. The van der Waals surface area contributed by atoms with E-state index in [4.69, 9.17) is 0 Å². The Hall–Kier alpha value is -3.47. The van der Waals surface area contributed by atoms with Crippen LogP contribution in [0.4, 0.5) is 5.69 Å². The van der Waals surface area contributed by atoms with E-state index in [-0.39, 0.29) is 11.9 Å². The number of hydrogen-bond acceptors (Lipinski definition) is 2. The average Bonchev–Trinajstić information content (AvgIpc) is 2.65. The molecule has 2 aromatic carbocycles. The first-order chi connectivity index (χ1) is 12.2. The van der Waals surface area contributed by atoms with Gasteiger partial charge in [0.05, 0.1) is 5.69 Å². The molecule has 0 aliphatic heterocycles. The van der Waals surface area contributed by atoms with Crippen molar-refractivity contribution in [2.45, 2.75) is 6.92 Å². The van der Waals surface area contributed by atoms with E-state index in [0.29, 0.717) is 11.3 Å². The van der Waals surface area contributed by atoms with Crippen molar-refractivity contribution in [3.63, 3.8) is 0 Å². The number of benzene rings is 2. The standard InChI is InChI=1S/C20H18N4O/c1-16-10-12-18(13-11-16)21-20(23-24-14-6-3-7-15-24)22-19(25)17-8-4-2-5-9-17/h2-15H,1H3,(H-,21,22,23,25). The zero-order valence-electron chi connectivity index (χ0n) is 13.8. The summed E-state index contributed by atoms with van der Waals surface area (Å²) < 4.78 is 1.69. The normalized spacial score (nSPS) is 12.0. The summed E-state index contributed by atoms with van der Waals surface area (Å²) in [6.45, 7) is 2.01. The van der Waals surface area contributed by atoms with E-state index in [1.54, 1.807) is 28.9 Å². The Bertz CT molecular complexity index is 873. The SMILES string of the molecule is Cc1ccc(N=C(/N=C(\[O-])c2ccccc2)N[n+]2ccccc2)cc1. The molecule has 0 atom stereocenters. The van der Waals surface area contributed by atoms with Crippen LogP contribution in [-0.2, 0) is 0 Å². The summed E-state index contributed by atoms with van der Waals surface area (Å²) in [6.07, 6.45) is 3.63. The van der Waals surface area contributed by atoms with Crippen molar-refractivity contribution >= 4 is 17.5 Å². The van der Waals surface area contributed by atoms with Gasteiger partial charge >= 0.3 is 0 Å². The summed E-state index contributed by atoms with van der Waals surface area (Å²) in [5, 5.41) is 12.4. The van der Waals surface area contributed by atoms with Gasteiger partial charge in [0.2, 0.25) is 0 Å². The second-order valence-electron chi connectivity index (χ2n) is 5.45. The number of aryl methyl sites for hydroxylation is 1. The third-order valence-electron chi connectivity index (χ3n) is 3.44. The summed E-state index contributed by atoms with van der Waals surface area (Å²) in [5.74, 6) is -0.135. The summed E-state index contributed by atoms with van der Waals surface area (Å²) in [5.41, 5.74) is 5.39. The Morgan fingerprint density at radius 1 is 0.880 bits per heavy atom. The lowest BCUT2D eigenvalue weighted by molar-refractivity contribution is -0.640. The highest BCUT2D eigenvalue weighted by Crippen LogP contribution is 2.12. The van der Waals surface area contributed by atoms with Crippen molar-refractivity contribution in [2.75, 3.05) is 5.43 Å². The highest BCUT2D eigenvalue weighted by molar-refractivity contribution is 6.02. The molecule has 0 radical (unpaired) electrons. The average molecular weight is 330 g/mol. The molecule has 3 aromatic rings. The number of aliphatic imine (C=N–C) groups is 2. The molecule has 0 unspecified atom stereocenters. The molecule has 25 heavy (non-hydrogen) atoms. The smallest absolute Gasteiger partial charge is 0.279 e. The number of nitrogens with zero attached hydrogens (tertiary/aromatic N) is 3. The molecule has 0 aliphatic carbocycles. The van der Waals surface area contributed by atoms with E-state index in [0.717, 1.165) is 5.56 Å². The summed E-state index contributed by atoms with van der Waals surface area (Å²) in [4.78, 5) is 8.60. The molecule has 0 saturated heterocycles. The lowest BCUT2D eigenvalue weighted by atomic mass is 10.2. The van der Waals surface area contributed by atoms with Crippen LogP contribution in [0.5, 0.6) is 0 Å². The van der Waals surface area contributed by atoms with Crippen LogP contribution in [0, 0.1) is 6.92 Å². The number of aromatic nitrogens is 1. The summed E-state index contributed by atoms with van der Waals surface area (Å²) in [6, 6.07) is 22.3. The van der Waals surface area contributed by atoms with E-state index >= 15 is 0 Å². The fraction of sp³-hybridized carbons (Fsp3) is 0.0500. The van der Waals surface area contributed by atoms with Crippen molar-refractivity contribution in [3.05, 3.63) is 96.3 Å². The Kier molecular flexibility index (Phi) is 5.16. The van der Waals surface area contributed by atoms with Crippen LogP contribution >= 0.6 is 0 Å². The summed E-state index contributed by atoms with van der Waals surface area (Å²) >= 11 is 0. The van der Waals surface area contributed by atoms with Gasteiger partial charge in [0.15, 0.2) is 12.4 Å². The maximum Gasteiger partial charge on any atom is 0.279 e. The highest BCUT2D eigenvalue weighted by atomic mass is 16.3. The van der Waals surface area contributed by atoms with E-state index in [1.807, 2.05) is 67.8 Å². The van der Waals surface area contributed by atoms with Gasteiger partial charge in [-0.2, -0.15) is 0 Å². The molecule has 0 saturated carbocycles. The number of nitrogens with one attached hydrogen (secondary N) is 1. The molecule has 5 nitrogen and oxygen atoms in total. The van der Waals surface area contributed by atoms with Crippen LogP contribution in [-0.4, -0.2) is 11.9 Å². The molecule has 0 fully saturated rings. The van der Waals surface area contributed by atoms with Crippen LogP contribution in [0.25, 0.3) is 0 Å². The van der Waals surface area contributed by atoms with Gasteiger partial charge < -0.3 is 5.11 Å². The Morgan fingerprint density at radius 2 is 1.52 bits per heavy atom. The third-order valence-corrected chi connectivity index (χ3v) is 3.44. The van der Waals surface area contributed by atoms with Crippen molar-refractivity contribution in [1.82, 2.24) is 0 Å². The number of hydrogen-bond donors (Lipinski definition) is 1. The monoisotopic (exact) mass is 330 g/mol. The largest absolute Gasteiger partial charge is 0.858 e. The molecule has 1 N–H and O–H groups in total. The molecular weight excluding hydrogens is 312 g/mol. The molecule has 0 aliphatic rings. The Morgan fingerprint density at radius 3 is 2.20 bits per heavy atom. The lowest BCUT2D eigenvalue weighted by Gasteiger charge is -2.11. The van der Waals surface area contributed by atoms with Crippen LogP contribution in [0.3, 0.4) is 0 Å². The topological polar surface area (TPSA) is 63.7 Å². The van der Waals surface area contributed by atoms with Crippen molar-refractivity contribution in [1.29, 1.82) is 0 Å². The molecule has 0 spiro atoms. The molecule has 1 aromatic heterocycles. The molecule has 0 bridgehead atoms. The van der Waals surface area contributed by atoms with Crippen molar-refractivity contribution < 1.29 is 9.78 Å². The quantitative estimate of drug-likeness (QED) is 0.455. The third kappa shape index (κ3) is 4.75. The number of rotatable bonds is 3. The fourth-order valence-electron chi connectivity index (χ4n) is 2.15. The fourth-order valence-corrected chi connectivity index (χ4v) is 2.15. The Labute approximate surface area is 146 Å². The van der Waals surface area contributed by atoms with Crippen LogP contribution in [0.2, 0.25) is 0 Å². The zero-order valence-corrected chi connectivity index (χ0v) is 13.8. The van der Waals surface area contributed by atoms with E-state index < -0.39 is 0 Å². The van der Waals surface area contributed by atoms with Crippen molar-refractivity contribution in [3.8, 4) is 0 Å². The van der Waals surface area contributed by atoms with E-state index in [9.17, 15) is 5.11 Å². The van der Waals surface area contributed by atoms with Gasteiger partial charge in [-0.3, -0.25) is 0 Å². The zero-order chi connectivity index (χ0) is 17.5. The van der Waals surface area contributed by atoms with Gasteiger partial charge in [0.1, 0.15) is 0 Å². The first kappa shape index (κ1) is 16.4. The first-order valence-corrected chi connectivity index (χ1v) is 7.90. The first-order valence-electron chi connectivity index (χ1n) is 7.90. The van der Waals surface area contributed by atoms with Gasteiger partial charge in [-0.25, -0.2) is 9.98 Å². The van der Waals surface area contributed by atoms with E-state index in [1.165, 1.54) is 0 Å². The summed E-state index contributed by atoms with van der Waals surface area (Å²) in [7, 11) is 0. The van der Waals surface area contributed by atoms with Gasteiger partial charge in [-0.05, 0) is 30.5 Å². The molecule has 3 rings (SSSR count). The second-order valence-corrected chi connectivity index (χ2v) is 5.45. The van der Waals surface area contributed by atoms with Crippen molar-refractivity contribution in [2.24, 2.45) is 9.98 Å². The molecular formula is C20H18N4O. The van der Waals surface area contributed by atoms with Gasteiger partial charge in [0.25, 0.3) is 5.96 Å². The van der Waals surface area contributed by atoms with Gasteiger partial charge in [0, 0.05) is 12.1 Å². The maximum absolute atomic E-state index is 12.4. The molecule has 1 heterocycles. The van der Waals surface area contributed by atoms with Gasteiger partial charge in [-0.15, -0.1) is 5.43 Å². The second kappa shape index (κ2) is 7.88. The minimum absolute atomic E-state index is 0.217. The minimum atomic E-state index is -0.351. The van der Waals surface area contributed by atoms with E-state index in [2.05, 4.69) is 15.4 Å². The number of guanidine groups is 1. The maximum atomic E-state index is 12.4. The lowest BCUT2D eigenvalue weighted by Crippen LogP contribution is -2.47. The predicted molar refractivity (Wildman–Crippen MR) is 97.3 cm³/mol. The number of pyridine rings is 1. The van der Waals surface area contributed by atoms with Crippen LogP contribution in [0.1, 0.15) is 11.1 Å². The predicted octanol–water partition coefficient (Wildman–Crippen LogP) is 2.32. The van der Waals surface area contributed by atoms with Crippen LogP contribution in [0.15, 0.2) is 95.2 Å². The molecule has 124 valence electrons. The molecule has 5 heteroatoms. The highest BCUT2D eigenvalue weighted by Gasteiger charge is 2.05. The van der Waals surface area contributed by atoms with Gasteiger partial charge in [-0.1, -0.05) is 58.8 Å².